The van der Waals surface area contributed by atoms with Gasteiger partial charge in [-0.05, 0) is 32.6 Å². The van der Waals surface area contributed by atoms with Crippen molar-refractivity contribution in [1.82, 2.24) is 4.90 Å². The molecule has 0 aromatic rings. The molecule has 16 heavy (non-hydrogen) atoms. The highest BCUT2D eigenvalue weighted by atomic mass is 16.5. The van der Waals surface area contributed by atoms with E-state index in [9.17, 15) is 5.11 Å². The van der Waals surface area contributed by atoms with Gasteiger partial charge < -0.3 is 15.6 Å². The van der Waals surface area contributed by atoms with Crippen LogP contribution in [0.3, 0.4) is 0 Å². The molecule has 0 aromatic carbocycles. The molecule has 1 aliphatic carbocycles. The van der Waals surface area contributed by atoms with Crippen LogP contribution in [0.1, 0.15) is 26.7 Å². The highest BCUT2D eigenvalue weighted by Gasteiger charge is 2.42. The van der Waals surface area contributed by atoms with Crippen molar-refractivity contribution in [2.24, 2.45) is 11.7 Å². The molecule has 0 bridgehead atoms. The molecule has 4 nitrogen and oxygen atoms in total. The van der Waals surface area contributed by atoms with E-state index in [1.165, 1.54) is 0 Å². The molecular formula is C12H26N2O2. The standard InChI is InChI=1S/C12H26N2O2/c1-10(2)14(6-7-16-3)8-12(13,9-15)11-4-5-11/h10-11,15H,4-9,13H2,1-3H3. The van der Waals surface area contributed by atoms with Crippen LogP contribution in [0.4, 0.5) is 0 Å². The van der Waals surface area contributed by atoms with Gasteiger partial charge in [0.05, 0.1) is 18.8 Å². The number of ether oxygens (including phenoxy) is 1. The monoisotopic (exact) mass is 230 g/mol. The average Bonchev–Trinajstić information content (AvgIpc) is 3.07. The van der Waals surface area contributed by atoms with Gasteiger partial charge in [0.1, 0.15) is 0 Å². The molecular weight excluding hydrogens is 204 g/mol. The number of hydrogen-bond acceptors (Lipinski definition) is 4. The Balaban J connectivity index is 2.51. The number of rotatable bonds is 8. The van der Waals surface area contributed by atoms with Crippen LogP contribution in [0.15, 0.2) is 0 Å². The highest BCUT2D eigenvalue weighted by Crippen LogP contribution is 2.38. The molecule has 0 heterocycles. The Hall–Kier alpha value is -0.160. The fourth-order valence-electron chi connectivity index (χ4n) is 2.07. The van der Waals surface area contributed by atoms with Crippen molar-refractivity contribution in [2.45, 2.75) is 38.3 Å². The summed E-state index contributed by atoms with van der Waals surface area (Å²) in [5, 5.41) is 9.47. The summed E-state index contributed by atoms with van der Waals surface area (Å²) in [6, 6.07) is 0.434. The molecule has 1 fully saturated rings. The molecule has 0 amide bonds. The summed E-state index contributed by atoms with van der Waals surface area (Å²) in [6.45, 7) is 6.73. The molecule has 4 heteroatoms. The van der Waals surface area contributed by atoms with Crippen LogP contribution in [0.5, 0.6) is 0 Å². The van der Waals surface area contributed by atoms with Crippen molar-refractivity contribution in [1.29, 1.82) is 0 Å². The van der Waals surface area contributed by atoms with Gasteiger partial charge in [0, 0.05) is 26.2 Å². The van der Waals surface area contributed by atoms with Crippen LogP contribution in [-0.4, -0.2) is 55.0 Å². The SMILES string of the molecule is COCCN(CC(N)(CO)C1CC1)C(C)C. The number of methoxy groups -OCH3 is 1. The molecule has 1 unspecified atom stereocenters. The molecule has 1 saturated carbocycles. The molecule has 96 valence electrons. The molecule has 0 spiro atoms. The normalized spacial score (nSPS) is 20.4. The fraction of sp³-hybridized carbons (Fsp3) is 1.00. The lowest BCUT2D eigenvalue weighted by molar-refractivity contribution is 0.0784. The summed E-state index contributed by atoms with van der Waals surface area (Å²) >= 11 is 0. The van der Waals surface area contributed by atoms with Crippen molar-refractivity contribution >= 4 is 0 Å². The molecule has 3 N–H and O–H groups in total. The lowest BCUT2D eigenvalue weighted by Crippen LogP contribution is -2.56. The average molecular weight is 230 g/mol. The minimum atomic E-state index is -0.419. The quantitative estimate of drug-likeness (QED) is 0.635. The zero-order valence-electron chi connectivity index (χ0n) is 10.8. The zero-order valence-corrected chi connectivity index (χ0v) is 10.8. The Bertz CT molecular complexity index is 207. The molecule has 0 saturated heterocycles. The van der Waals surface area contributed by atoms with E-state index in [1.54, 1.807) is 7.11 Å². The lowest BCUT2D eigenvalue weighted by atomic mass is 9.94. The Morgan fingerprint density at radius 3 is 2.50 bits per heavy atom. The number of aliphatic hydroxyl groups excluding tert-OH is 1. The minimum absolute atomic E-state index is 0.0773. The summed E-state index contributed by atoms with van der Waals surface area (Å²) in [5.74, 6) is 0.501. The second-order valence-electron chi connectivity index (χ2n) is 5.22. The Morgan fingerprint density at radius 1 is 1.50 bits per heavy atom. The van der Waals surface area contributed by atoms with E-state index in [0.717, 1.165) is 25.9 Å². The van der Waals surface area contributed by atoms with E-state index in [-0.39, 0.29) is 6.61 Å². The first-order valence-electron chi connectivity index (χ1n) is 6.16. The summed E-state index contributed by atoms with van der Waals surface area (Å²) < 4.78 is 5.10. The Labute approximate surface area is 98.8 Å². The van der Waals surface area contributed by atoms with E-state index in [4.69, 9.17) is 10.5 Å². The van der Waals surface area contributed by atoms with Gasteiger partial charge in [-0.25, -0.2) is 0 Å². The largest absolute Gasteiger partial charge is 0.394 e. The number of nitrogens with zero attached hydrogens (tertiary/aromatic N) is 1. The van der Waals surface area contributed by atoms with Crippen molar-refractivity contribution < 1.29 is 9.84 Å². The number of aliphatic hydroxyl groups is 1. The van der Waals surface area contributed by atoms with Crippen molar-refractivity contribution in [3.05, 3.63) is 0 Å². The van der Waals surface area contributed by atoms with Crippen LogP contribution in [-0.2, 0) is 4.74 Å². The summed E-state index contributed by atoms with van der Waals surface area (Å²) in [7, 11) is 1.71. The third kappa shape index (κ3) is 3.70. The van der Waals surface area contributed by atoms with Crippen LogP contribution in [0.2, 0.25) is 0 Å². The molecule has 0 radical (unpaired) electrons. The molecule has 1 aliphatic rings. The molecule has 0 aromatic heterocycles. The second kappa shape index (κ2) is 5.96. The number of hydrogen-bond donors (Lipinski definition) is 2. The third-order valence-corrected chi connectivity index (χ3v) is 3.50. The fourth-order valence-corrected chi connectivity index (χ4v) is 2.07. The van der Waals surface area contributed by atoms with Gasteiger partial charge in [-0.2, -0.15) is 0 Å². The lowest BCUT2D eigenvalue weighted by Gasteiger charge is -2.36. The summed E-state index contributed by atoms with van der Waals surface area (Å²) in [5.41, 5.74) is 5.86. The van der Waals surface area contributed by atoms with Gasteiger partial charge in [0.2, 0.25) is 0 Å². The third-order valence-electron chi connectivity index (χ3n) is 3.50. The second-order valence-corrected chi connectivity index (χ2v) is 5.22. The van der Waals surface area contributed by atoms with E-state index in [2.05, 4.69) is 18.7 Å². The van der Waals surface area contributed by atoms with Crippen LogP contribution >= 0.6 is 0 Å². The van der Waals surface area contributed by atoms with Gasteiger partial charge in [-0.15, -0.1) is 0 Å². The Morgan fingerprint density at radius 2 is 2.12 bits per heavy atom. The molecule has 1 atom stereocenters. The van der Waals surface area contributed by atoms with Gasteiger partial charge >= 0.3 is 0 Å². The van der Waals surface area contributed by atoms with Gasteiger partial charge in [0.15, 0.2) is 0 Å². The molecule has 1 rings (SSSR count). The smallest absolute Gasteiger partial charge is 0.0626 e. The maximum absolute atomic E-state index is 9.47. The maximum Gasteiger partial charge on any atom is 0.0626 e. The van der Waals surface area contributed by atoms with E-state index >= 15 is 0 Å². The van der Waals surface area contributed by atoms with E-state index in [0.29, 0.717) is 18.6 Å². The summed E-state index contributed by atoms with van der Waals surface area (Å²) in [4.78, 5) is 2.29. The van der Waals surface area contributed by atoms with Crippen LogP contribution in [0.25, 0.3) is 0 Å². The number of nitrogens with two attached hydrogens (primary N) is 1. The van der Waals surface area contributed by atoms with Gasteiger partial charge in [-0.3, -0.25) is 4.90 Å². The van der Waals surface area contributed by atoms with Crippen LogP contribution < -0.4 is 5.73 Å². The zero-order chi connectivity index (χ0) is 12.2. The minimum Gasteiger partial charge on any atom is -0.394 e. The first kappa shape index (κ1) is 13.9. The van der Waals surface area contributed by atoms with Gasteiger partial charge in [0.25, 0.3) is 0 Å². The highest BCUT2D eigenvalue weighted by molar-refractivity contribution is 5.00. The predicted octanol–water partition coefficient (Wildman–Crippen LogP) is 0.443. The van der Waals surface area contributed by atoms with Gasteiger partial charge in [-0.1, -0.05) is 0 Å². The Kier molecular flexibility index (Phi) is 5.18. The van der Waals surface area contributed by atoms with Crippen molar-refractivity contribution in [3.8, 4) is 0 Å². The first-order valence-corrected chi connectivity index (χ1v) is 6.16. The van der Waals surface area contributed by atoms with Crippen molar-refractivity contribution in [2.75, 3.05) is 33.4 Å². The predicted molar refractivity (Wildman–Crippen MR) is 65.3 cm³/mol. The van der Waals surface area contributed by atoms with E-state index in [1.807, 2.05) is 0 Å². The summed E-state index contributed by atoms with van der Waals surface area (Å²) in [6.07, 6.45) is 2.32. The topological polar surface area (TPSA) is 58.7 Å². The van der Waals surface area contributed by atoms with Crippen molar-refractivity contribution in [3.63, 3.8) is 0 Å². The maximum atomic E-state index is 9.47. The van der Waals surface area contributed by atoms with E-state index < -0.39 is 5.54 Å². The van der Waals surface area contributed by atoms with Crippen LogP contribution in [0, 0.1) is 5.92 Å². The molecule has 0 aliphatic heterocycles. The first-order chi connectivity index (χ1) is 7.53.